The van der Waals surface area contributed by atoms with E-state index in [-0.39, 0.29) is 12.8 Å². The standard InChI is InChI=1S/C18H23NO6/c1-11(20)15(21)10-13-7-5-12(6-8-13)9-14(16(22)23)19-17(24)25-18(2,3)4/h5-8,14H,9-10H2,1-4H3,(H,19,24)(H,22,23). The molecule has 0 aliphatic carbocycles. The molecule has 1 atom stereocenters. The van der Waals surface area contributed by atoms with E-state index < -0.39 is 35.3 Å². The number of ether oxygens (including phenoxy) is 1. The van der Waals surface area contributed by atoms with E-state index in [0.717, 1.165) is 0 Å². The molecule has 0 fully saturated rings. The molecule has 0 saturated carbocycles. The van der Waals surface area contributed by atoms with Crippen LogP contribution in [0.4, 0.5) is 4.79 Å². The van der Waals surface area contributed by atoms with Crippen LogP contribution in [0.2, 0.25) is 0 Å². The highest BCUT2D eigenvalue weighted by Crippen LogP contribution is 2.10. The van der Waals surface area contributed by atoms with Gasteiger partial charge in [-0.2, -0.15) is 0 Å². The summed E-state index contributed by atoms with van der Waals surface area (Å²) in [6.45, 7) is 6.27. The lowest BCUT2D eigenvalue weighted by atomic mass is 10.0. The van der Waals surface area contributed by atoms with Gasteiger partial charge in [0.05, 0.1) is 0 Å². The van der Waals surface area contributed by atoms with Crippen molar-refractivity contribution < 1.29 is 29.0 Å². The summed E-state index contributed by atoms with van der Waals surface area (Å²) in [7, 11) is 0. The lowest BCUT2D eigenvalue weighted by molar-refractivity contribution is -0.139. The fourth-order valence-electron chi connectivity index (χ4n) is 1.99. The Morgan fingerprint density at radius 1 is 1.08 bits per heavy atom. The van der Waals surface area contributed by atoms with Gasteiger partial charge in [-0.3, -0.25) is 9.59 Å². The second-order valence-electron chi connectivity index (χ2n) is 6.71. The normalized spacial score (nSPS) is 12.2. The maximum Gasteiger partial charge on any atom is 0.408 e. The SMILES string of the molecule is CC(=O)C(=O)Cc1ccc(CC(NC(=O)OC(C)(C)C)C(=O)O)cc1. The van der Waals surface area contributed by atoms with Gasteiger partial charge in [-0.05, 0) is 31.9 Å². The van der Waals surface area contributed by atoms with Gasteiger partial charge < -0.3 is 15.2 Å². The van der Waals surface area contributed by atoms with Gasteiger partial charge in [0.15, 0.2) is 5.78 Å². The van der Waals surface area contributed by atoms with E-state index in [4.69, 9.17) is 4.74 Å². The van der Waals surface area contributed by atoms with Crippen molar-refractivity contribution in [2.45, 2.75) is 52.2 Å². The molecule has 1 aromatic rings. The maximum atomic E-state index is 11.7. The summed E-state index contributed by atoms with van der Waals surface area (Å²) in [5.74, 6) is -2.17. The summed E-state index contributed by atoms with van der Waals surface area (Å²) in [6, 6.07) is 5.50. The van der Waals surface area contributed by atoms with Crippen LogP contribution in [-0.4, -0.2) is 40.4 Å². The van der Waals surface area contributed by atoms with Gasteiger partial charge in [-0.1, -0.05) is 24.3 Å². The molecule has 7 heteroatoms. The Hall–Kier alpha value is -2.70. The molecule has 1 amide bonds. The van der Waals surface area contributed by atoms with Crippen molar-refractivity contribution in [2.24, 2.45) is 0 Å². The second kappa shape index (κ2) is 8.41. The highest BCUT2D eigenvalue weighted by molar-refractivity contribution is 6.36. The topological polar surface area (TPSA) is 110 Å². The van der Waals surface area contributed by atoms with Crippen LogP contribution in [0.25, 0.3) is 0 Å². The predicted octanol–water partition coefficient (Wildman–Crippen LogP) is 1.91. The first-order valence-electron chi connectivity index (χ1n) is 7.82. The first-order valence-corrected chi connectivity index (χ1v) is 7.82. The number of amides is 1. The van der Waals surface area contributed by atoms with Crippen LogP contribution in [0.3, 0.4) is 0 Å². The summed E-state index contributed by atoms with van der Waals surface area (Å²) < 4.78 is 5.06. The number of aliphatic carboxylic acids is 1. The van der Waals surface area contributed by atoms with E-state index in [1.54, 1.807) is 45.0 Å². The van der Waals surface area contributed by atoms with Gasteiger partial charge in [0.25, 0.3) is 0 Å². The van der Waals surface area contributed by atoms with E-state index in [0.29, 0.717) is 11.1 Å². The lowest BCUT2D eigenvalue weighted by Crippen LogP contribution is -2.44. The summed E-state index contributed by atoms with van der Waals surface area (Å²) in [6.07, 6.45) is -0.729. The second-order valence-corrected chi connectivity index (χ2v) is 6.71. The van der Waals surface area contributed by atoms with E-state index in [9.17, 15) is 24.3 Å². The minimum Gasteiger partial charge on any atom is -0.480 e. The Bertz CT molecular complexity index is 657. The first-order chi connectivity index (χ1) is 11.5. The zero-order valence-corrected chi connectivity index (χ0v) is 14.8. The Labute approximate surface area is 146 Å². The van der Waals surface area contributed by atoms with Crippen LogP contribution in [0.15, 0.2) is 24.3 Å². The molecule has 0 saturated heterocycles. The number of carbonyl (C=O) groups is 4. The minimum absolute atomic E-state index is 0.00807. The average molecular weight is 349 g/mol. The van der Waals surface area contributed by atoms with Gasteiger partial charge in [0.2, 0.25) is 5.78 Å². The molecular weight excluding hydrogens is 326 g/mol. The van der Waals surface area contributed by atoms with E-state index in [1.807, 2.05) is 0 Å². The molecule has 0 aromatic heterocycles. The molecule has 2 N–H and O–H groups in total. The van der Waals surface area contributed by atoms with Crippen molar-refractivity contribution in [3.05, 3.63) is 35.4 Å². The number of carbonyl (C=O) groups excluding carboxylic acids is 3. The van der Waals surface area contributed by atoms with Gasteiger partial charge in [-0.15, -0.1) is 0 Å². The number of carboxylic acids is 1. The molecule has 136 valence electrons. The number of hydrogen-bond donors (Lipinski definition) is 2. The molecule has 0 radical (unpaired) electrons. The Morgan fingerprint density at radius 2 is 1.60 bits per heavy atom. The Balaban J connectivity index is 2.72. The highest BCUT2D eigenvalue weighted by atomic mass is 16.6. The van der Waals surface area contributed by atoms with Crippen LogP contribution in [-0.2, 0) is 32.0 Å². The van der Waals surface area contributed by atoms with Crippen LogP contribution < -0.4 is 5.32 Å². The summed E-state index contributed by atoms with van der Waals surface area (Å²) in [4.78, 5) is 45.5. The molecule has 0 aliphatic heterocycles. The van der Waals surface area contributed by atoms with Crippen LogP contribution >= 0.6 is 0 Å². The first kappa shape index (κ1) is 20.3. The number of benzene rings is 1. The molecule has 0 heterocycles. The van der Waals surface area contributed by atoms with E-state index >= 15 is 0 Å². The van der Waals surface area contributed by atoms with Crippen LogP contribution in [0.1, 0.15) is 38.8 Å². The molecule has 0 spiro atoms. The van der Waals surface area contributed by atoms with Crippen molar-refractivity contribution in [3.8, 4) is 0 Å². The Kier molecular flexibility index (Phi) is 6.85. The predicted molar refractivity (Wildman–Crippen MR) is 90.3 cm³/mol. The zero-order valence-electron chi connectivity index (χ0n) is 14.8. The quantitative estimate of drug-likeness (QED) is 0.728. The maximum absolute atomic E-state index is 11.7. The monoisotopic (exact) mass is 349 g/mol. The molecule has 1 unspecified atom stereocenters. The third kappa shape index (κ3) is 7.60. The van der Waals surface area contributed by atoms with E-state index in [1.165, 1.54) is 6.92 Å². The minimum atomic E-state index is -1.18. The molecule has 7 nitrogen and oxygen atoms in total. The third-order valence-electron chi connectivity index (χ3n) is 3.21. The van der Waals surface area contributed by atoms with E-state index in [2.05, 4.69) is 5.32 Å². The summed E-state index contributed by atoms with van der Waals surface area (Å²) in [5, 5.41) is 11.6. The van der Waals surface area contributed by atoms with Crippen molar-refractivity contribution in [2.75, 3.05) is 0 Å². The molecular formula is C18H23NO6. The van der Waals surface area contributed by atoms with Crippen molar-refractivity contribution in [1.82, 2.24) is 5.32 Å². The van der Waals surface area contributed by atoms with Crippen molar-refractivity contribution >= 4 is 23.6 Å². The molecule has 1 aromatic carbocycles. The van der Waals surface area contributed by atoms with Crippen LogP contribution in [0, 0.1) is 0 Å². The van der Waals surface area contributed by atoms with Gasteiger partial charge in [-0.25, -0.2) is 9.59 Å². The van der Waals surface area contributed by atoms with Gasteiger partial charge in [0, 0.05) is 19.8 Å². The number of alkyl carbamates (subject to hydrolysis) is 1. The fourth-order valence-corrected chi connectivity index (χ4v) is 1.99. The zero-order chi connectivity index (χ0) is 19.2. The lowest BCUT2D eigenvalue weighted by Gasteiger charge is -2.22. The van der Waals surface area contributed by atoms with Crippen molar-refractivity contribution in [3.63, 3.8) is 0 Å². The third-order valence-corrected chi connectivity index (χ3v) is 3.21. The molecule has 0 bridgehead atoms. The van der Waals surface area contributed by atoms with Crippen LogP contribution in [0.5, 0.6) is 0 Å². The largest absolute Gasteiger partial charge is 0.480 e. The fraction of sp³-hybridized carbons (Fsp3) is 0.444. The summed E-state index contributed by atoms with van der Waals surface area (Å²) in [5.41, 5.74) is 0.608. The average Bonchev–Trinajstić information content (AvgIpc) is 2.46. The highest BCUT2D eigenvalue weighted by Gasteiger charge is 2.24. The smallest absolute Gasteiger partial charge is 0.408 e. The number of rotatable bonds is 7. The molecule has 0 aliphatic rings. The van der Waals surface area contributed by atoms with Crippen molar-refractivity contribution in [1.29, 1.82) is 0 Å². The Morgan fingerprint density at radius 3 is 2.04 bits per heavy atom. The number of Topliss-reactive ketones (excluding diaryl/α,β-unsaturated/α-hetero) is 2. The number of carboxylic acid groups (broad SMARTS) is 1. The van der Waals surface area contributed by atoms with Gasteiger partial charge in [0.1, 0.15) is 11.6 Å². The number of hydrogen-bond acceptors (Lipinski definition) is 5. The number of ketones is 2. The molecule has 25 heavy (non-hydrogen) atoms. The summed E-state index contributed by atoms with van der Waals surface area (Å²) >= 11 is 0. The van der Waals surface area contributed by atoms with Gasteiger partial charge >= 0.3 is 12.1 Å². The number of nitrogens with one attached hydrogen (secondary N) is 1. The molecule has 1 rings (SSSR count).